The number of primary sulfonamides is 1. The van der Waals surface area contributed by atoms with E-state index >= 15 is 0 Å². The molecule has 1 saturated carbocycles. The van der Waals surface area contributed by atoms with E-state index in [4.69, 9.17) is 16.7 Å². The monoisotopic (exact) mass is 302 g/mol. The van der Waals surface area contributed by atoms with Crippen molar-refractivity contribution in [2.45, 2.75) is 18.2 Å². The van der Waals surface area contributed by atoms with Crippen LogP contribution in [0.15, 0.2) is 23.1 Å². The molecule has 1 aliphatic carbocycles. The van der Waals surface area contributed by atoms with Gasteiger partial charge in [-0.15, -0.1) is 0 Å². The first-order valence-electron chi connectivity index (χ1n) is 5.89. The number of sulfonamides is 1. The summed E-state index contributed by atoms with van der Waals surface area (Å²) in [7, 11) is -3.93. The van der Waals surface area contributed by atoms with Gasteiger partial charge >= 0.3 is 0 Å². The van der Waals surface area contributed by atoms with E-state index < -0.39 is 10.0 Å². The molecule has 2 rings (SSSR count). The number of nitrogens with two attached hydrogens (primary N) is 1. The third-order valence-electron chi connectivity index (χ3n) is 3.30. The van der Waals surface area contributed by atoms with Crippen LogP contribution >= 0.6 is 11.6 Å². The fourth-order valence-corrected chi connectivity index (χ4v) is 2.94. The Morgan fingerprint density at radius 3 is 2.68 bits per heavy atom. The van der Waals surface area contributed by atoms with Gasteiger partial charge in [0.25, 0.3) is 5.91 Å². The first kappa shape index (κ1) is 14.3. The Morgan fingerprint density at radius 2 is 2.16 bits per heavy atom. The molecule has 0 heterocycles. The molecule has 0 unspecified atom stereocenters. The third kappa shape index (κ3) is 3.46. The molecule has 0 aliphatic heterocycles. The van der Waals surface area contributed by atoms with Gasteiger partial charge < -0.3 is 5.32 Å². The van der Waals surface area contributed by atoms with E-state index in [1.54, 1.807) is 0 Å². The number of benzene rings is 1. The van der Waals surface area contributed by atoms with Gasteiger partial charge in [0.1, 0.15) is 4.90 Å². The van der Waals surface area contributed by atoms with Crippen LogP contribution in [0.4, 0.5) is 0 Å². The topological polar surface area (TPSA) is 89.3 Å². The minimum absolute atomic E-state index is 0.00913. The van der Waals surface area contributed by atoms with Gasteiger partial charge in [-0.2, -0.15) is 0 Å². The number of carbonyl (C=O) groups excluding carboxylic acids is 1. The summed E-state index contributed by atoms with van der Waals surface area (Å²) >= 11 is 5.75. The van der Waals surface area contributed by atoms with E-state index in [9.17, 15) is 13.2 Å². The van der Waals surface area contributed by atoms with Crippen molar-refractivity contribution in [2.75, 3.05) is 6.54 Å². The number of hydrogen-bond donors (Lipinski definition) is 2. The van der Waals surface area contributed by atoms with E-state index in [0.29, 0.717) is 18.4 Å². The van der Waals surface area contributed by atoms with Crippen LogP contribution in [-0.2, 0) is 10.0 Å². The van der Waals surface area contributed by atoms with Crippen molar-refractivity contribution >= 4 is 27.5 Å². The molecule has 3 N–H and O–H groups in total. The first-order chi connectivity index (χ1) is 8.79. The molecule has 0 radical (unpaired) electrons. The van der Waals surface area contributed by atoms with Crippen LogP contribution in [0.25, 0.3) is 0 Å². The molecule has 0 bridgehead atoms. The lowest BCUT2D eigenvalue weighted by molar-refractivity contribution is 0.0951. The molecule has 1 amide bonds. The molecular weight excluding hydrogens is 288 g/mol. The highest BCUT2D eigenvalue weighted by Crippen LogP contribution is 2.36. The van der Waals surface area contributed by atoms with Crippen LogP contribution in [0.5, 0.6) is 0 Å². The average Bonchev–Trinajstić information content (AvgIpc) is 3.01. The van der Waals surface area contributed by atoms with E-state index in [2.05, 4.69) is 12.2 Å². The zero-order chi connectivity index (χ0) is 14.2. The van der Waals surface area contributed by atoms with E-state index in [1.165, 1.54) is 18.2 Å². The zero-order valence-electron chi connectivity index (χ0n) is 10.4. The maximum absolute atomic E-state index is 11.9. The van der Waals surface area contributed by atoms with Crippen molar-refractivity contribution in [1.82, 2.24) is 5.32 Å². The summed E-state index contributed by atoms with van der Waals surface area (Å²) in [4.78, 5) is 11.6. The summed E-state index contributed by atoms with van der Waals surface area (Å²) in [5.41, 5.74) is 0.238. The largest absolute Gasteiger partial charge is 0.352 e. The summed E-state index contributed by atoms with van der Waals surface area (Å²) in [6.45, 7) is 2.73. The van der Waals surface area contributed by atoms with Gasteiger partial charge in [0.15, 0.2) is 0 Å². The highest BCUT2D eigenvalue weighted by Gasteiger charge is 2.32. The minimum Gasteiger partial charge on any atom is -0.352 e. The van der Waals surface area contributed by atoms with Gasteiger partial charge in [-0.25, -0.2) is 13.6 Å². The van der Waals surface area contributed by atoms with Crippen LogP contribution in [0.1, 0.15) is 23.7 Å². The molecule has 5 nitrogen and oxygen atoms in total. The molecule has 1 aromatic rings. The predicted molar refractivity (Wildman–Crippen MR) is 72.4 cm³/mol. The normalized spacial score (nSPS) is 22.1. The molecule has 0 spiro atoms. The number of hydrogen-bond acceptors (Lipinski definition) is 3. The molecule has 19 heavy (non-hydrogen) atoms. The summed E-state index contributed by atoms with van der Waals surface area (Å²) < 4.78 is 22.6. The Balaban J connectivity index is 2.14. The van der Waals surface area contributed by atoms with Crippen molar-refractivity contribution in [2.24, 2.45) is 17.0 Å². The maximum atomic E-state index is 11.9. The standard InChI is InChI=1S/C12H15ClN2O3S/c1-7-4-9(7)6-15-12(16)8-2-3-10(13)11(5-8)19(14,17)18/h2-3,5,7,9H,4,6H2,1H3,(H,15,16)(H2,14,17,18)/t7-,9-/m0/s1. The molecule has 0 aromatic heterocycles. The van der Waals surface area contributed by atoms with Gasteiger partial charge in [-0.3, -0.25) is 4.79 Å². The summed E-state index contributed by atoms with van der Waals surface area (Å²) in [6.07, 6.45) is 1.11. The summed E-state index contributed by atoms with van der Waals surface area (Å²) in [5, 5.41) is 7.81. The van der Waals surface area contributed by atoms with E-state index in [1.807, 2.05) is 0 Å². The summed E-state index contributed by atoms with van der Waals surface area (Å²) in [5.74, 6) is 0.847. The number of amides is 1. The van der Waals surface area contributed by atoms with Crippen molar-refractivity contribution in [3.63, 3.8) is 0 Å². The number of carbonyl (C=O) groups is 1. The van der Waals surface area contributed by atoms with Crippen LogP contribution in [0, 0.1) is 11.8 Å². The third-order valence-corrected chi connectivity index (χ3v) is 4.69. The second-order valence-corrected chi connectivity index (χ2v) is 6.81. The molecular formula is C12H15ClN2O3S. The fourth-order valence-electron chi connectivity index (χ4n) is 1.87. The molecule has 1 fully saturated rings. The Morgan fingerprint density at radius 1 is 1.53 bits per heavy atom. The van der Waals surface area contributed by atoms with Crippen LogP contribution in [0.2, 0.25) is 5.02 Å². The lowest BCUT2D eigenvalue weighted by Crippen LogP contribution is -2.26. The Labute approximate surface area is 117 Å². The second-order valence-electron chi connectivity index (χ2n) is 4.87. The lowest BCUT2D eigenvalue weighted by atomic mass is 10.2. The van der Waals surface area contributed by atoms with Crippen LogP contribution in [0.3, 0.4) is 0 Å². The molecule has 1 aromatic carbocycles. The number of halogens is 1. The second kappa shape index (κ2) is 5.11. The van der Waals surface area contributed by atoms with Crippen LogP contribution in [-0.4, -0.2) is 20.9 Å². The van der Waals surface area contributed by atoms with Gasteiger partial charge in [0, 0.05) is 12.1 Å². The first-order valence-corrected chi connectivity index (χ1v) is 7.82. The average molecular weight is 303 g/mol. The predicted octanol–water partition coefficient (Wildman–Crippen LogP) is 1.37. The smallest absolute Gasteiger partial charge is 0.251 e. The van der Waals surface area contributed by atoms with Gasteiger partial charge in [0.2, 0.25) is 10.0 Å². The van der Waals surface area contributed by atoms with E-state index in [0.717, 1.165) is 6.42 Å². The van der Waals surface area contributed by atoms with Crippen molar-refractivity contribution in [1.29, 1.82) is 0 Å². The molecule has 7 heteroatoms. The van der Waals surface area contributed by atoms with Crippen LogP contribution < -0.4 is 10.5 Å². The maximum Gasteiger partial charge on any atom is 0.251 e. The van der Waals surface area contributed by atoms with Crippen molar-refractivity contribution < 1.29 is 13.2 Å². The van der Waals surface area contributed by atoms with Gasteiger partial charge in [-0.05, 0) is 36.5 Å². The minimum atomic E-state index is -3.93. The Kier molecular flexibility index (Phi) is 3.85. The van der Waals surface area contributed by atoms with Crippen molar-refractivity contribution in [3.8, 4) is 0 Å². The fraction of sp³-hybridized carbons (Fsp3) is 0.417. The quantitative estimate of drug-likeness (QED) is 0.880. The highest BCUT2D eigenvalue weighted by atomic mass is 35.5. The van der Waals surface area contributed by atoms with Crippen molar-refractivity contribution in [3.05, 3.63) is 28.8 Å². The summed E-state index contributed by atoms with van der Waals surface area (Å²) in [6, 6.07) is 4.03. The SMILES string of the molecule is C[C@H]1C[C@H]1CNC(=O)c1ccc(Cl)c(S(N)(=O)=O)c1. The van der Waals surface area contributed by atoms with Gasteiger partial charge in [0.05, 0.1) is 5.02 Å². The zero-order valence-corrected chi connectivity index (χ0v) is 12.0. The van der Waals surface area contributed by atoms with E-state index in [-0.39, 0.29) is 21.4 Å². The Bertz CT molecular complexity index is 615. The molecule has 0 saturated heterocycles. The lowest BCUT2D eigenvalue weighted by Gasteiger charge is -2.07. The highest BCUT2D eigenvalue weighted by molar-refractivity contribution is 7.89. The number of nitrogens with one attached hydrogen (secondary N) is 1. The Hall–Kier alpha value is -1.11. The van der Waals surface area contributed by atoms with Gasteiger partial charge in [-0.1, -0.05) is 18.5 Å². The number of rotatable bonds is 4. The molecule has 2 atom stereocenters. The molecule has 1 aliphatic rings. The molecule has 104 valence electrons.